The van der Waals surface area contributed by atoms with Crippen LogP contribution in [-0.2, 0) is 4.74 Å². The van der Waals surface area contributed by atoms with Crippen molar-refractivity contribution in [3.63, 3.8) is 0 Å². The number of benzene rings is 1. The Morgan fingerprint density at radius 1 is 1.19 bits per heavy atom. The molecule has 0 spiro atoms. The number of ether oxygens (including phenoxy) is 2. The molecule has 0 bridgehead atoms. The first-order chi connectivity index (χ1) is 15.5. The molecule has 1 fully saturated rings. The summed E-state index contributed by atoms with van der Waals surface area (Å²) in [5.74, 6) is 0.760. The molecule has 0 amide bonds. The predicted molar refractivity (Wildman–Crippen MR) is 118 cm³/mol. The standard InChI is InChI=1S/C23H25F2N5O2/c1-2-19(26)18-7-8-20(29-22(18)28-15-10-13-31-14-11-15)21-9-12-27-30(21)16-3-5-17(6-4-16)32-23(24)25/h3-9,12,15,23,26H,2,10-11,13-14H2,1H3,(H,28,29). The lowest BCUT2D eigenvalue weighted by molar-refractivity contribution is -0.0498. The van der Waals surface area contributed by atoms with Gasteiger partial charge in [0.25, 0.3) is 0 Å². The van der Waals surface area contributed by atoms with E-state index in [0.29, 0.717) is 42.5 Å². The molecule has 168 valence electrons. The number of alkyl halides is 2. The molecule has 0 radical (unpaired) electrons. The molecule has 0 unspecified atom stereocenters. The molecule has 2 aromatic heterocycles. The molecule has 32 heavy (non-hydrogen) atoms. The van der Waals surface area contributed by atoms with Crippen molar-refractivity contribution in [2.75, 3.05) is 18.5 Å². The van der Waals surface area contributed by atoms with Gasteiger partial charge in [0, 0.05) is 30.5 Å². The van der Waals surface area contributed by atoms with E-state index in [1.54, 1.807) is 23.0 Å². The van der Waals surface area contributed by atoms with E-state index in [1.165, 1.54) is 12.1 Å². The Kier molecular flexibility index (Phi) is 6.75. The molecule has 1 aliphatic heterocycles. The van der Waals surface area contributed by atoms with Crippen LogP contribution in [-0.4, -0.2) is 46.3 Å². The first-order valence-corrected chi connectivity index (χ1v) is 10.6. The maximum atomic E-state index is 12.4. The normalized spacial score (nSPS) is 14.5. The summed E-state index contributed by atoms with van der Waals surface area (Å²) in [6.45, 7) is 0.490. The van der Waals surface area contributed by atoms with Crippen molar-refractivity contribution in [1.29, 1.82) is 5.41 Å². The number of anilines is 1. The first-order valence-electron chi connectivity index (χ1n) is 10.6. The van der Waals surface area contributed by atoms with Crippen molar-refractivity contribution in [3.8, 4) is 22.8 Å². The quantitative estimate of drug-likeness (QED) is 0.486. The van der Waals surface area contributed by atoms with Crippen LogP contribution < -0.4 is 10.1 Å². The summed E-state index contributed by atoms with van der Waals surface area (Å²) in [6.07, 6.45) is 4.04. The Bertz CT molecular complexity index is 1060. The molecule has 0 aliphatic carbocycles. The number of nitrogens with one attached hydrogen (secondary N) is 2. The molecule has 9 heteroatoms. The van der Waals surface area contributed by atoms with E-state index in [-0.39, 0.29) is 11.8 Å². The summed E-state index contributed by atoms with van der Waals surface area (Å²) in [5.41, 5.74) is 3.43. The molecule has 2 N–H and O–H groups in total. The zero-order valence-corrected chi connectivity index (χ0v) is 17.7. The second kappa shape index (κ2) is 9.86. The molecule has 3 aromatic rings. The largest absolute Gasteiger partial charge is 0.435 e. The van der Waals surface area contributed by atoms with Crippen LogP contribution in [0.2, 0.25) is 0 Å². The van der Waals surface area contributed by atoms with Crippen LogP contribution in [0.3, 0.4) is 0 Å². The molecular formula is C23H25F2N5O2. The van der Waals surface area contributed by atoms with Crippen molar-refractivity contribution in [1.82, 2.24) is 14.8 Å². The lowest BCUT2D eigenvalue weighted by atomic mass is 10.1. The monoisotopic (exact) mass is 441 g/mol. The van der Waals surface area contributed by atoms with E-state index in [9.17, 15) is 8.78 Å². The van der Waals surface area contributed by atoms with Crippen molar-refractivity contribution in [2.45, 2.75) is 38.8 Å². The van der Waals surface area contributed by atoms with E-state index < -0.39 is 6.61 Å². The van der Waals surface area contributed by atoms with Gasteiger partial charge in [-0.2, -0.15) is 13.9 Å². The Morgan fingerprint density at radius 2 is 1.94 bits per heavy atom. The number of hydrogen-bond donors (Lipinski definition) is 2. The second-order valence-electron chi connectivity index (χ2n) is 7.46. The van der Waals surface area contributed by atoms with Gasteiger partial charge < -0.3 is 20.2 Å². The number of rotatable bonds is 8. The van der Waals surface area contributed by atoms with Crippen molar-refractivity contribution < 1.29 is 18.3 Å². The maximum Gasteiger partial charge on any atom is 0.387 e. The Balaban J connectivity index is 1.66. The fourth-order valence-corrected chi connectivity index (χ4v) is 3.65. The Morgan fingerprint density at radius 3 is 2.62 bits per heavy atom. The highest BCUT2D eigenvalue weighted by atomic mass is 19.3. The molecule has 0 atom stereocenters. The van der Waals surface area contributed by atoms with Crippen molar-refractivity contribution >= 4 is 11.5 Å². The number of aromatic nitrogens is 3. The Labute approximate surface area is 184 Å². The van der Waals surface area contributed by atoms with Gasteiger partial charge in [-0.05, 0) is 61.7 Å². The topological polar surface area (TPSA) is 85.1 Å². The fourth-order valence-electron chi connectivity index (χ4n) is 3.65. The van der Waals surface area contributed by atoms with Gasteiger partial charge in [-0.15, -0.1) is 0 Å². The zero-order chi connectivity index (χ0) is 22.5. The van der Waals surface area contributed by atoms with E-state index in [2.05, 4.69) is 15.2 Å². The summed E-state index contributed by atoms with van der Waals surface area (Å²) in [4.78, 5) is 4.84. The van der Waals surface area contributed by atoms with Crippen LogP contribution in [0.4, 0.5) is 14.6 Å². The van der Waals surface area contributed by atoms with Crippen LogP contribution in [0.25, 0.3) is 17.1 Å². The zero-order valence-electron chi connectivity index (χ0n) is 17.7. The molecular weight excluding hydrogens is 416 g/mol. The second-order valence-corrected chi connectivity index (χ2v) is 7.46. The van der Waals surface area contributed by atoms with E-state index in [1.807, 2.05) is 25.1 Å². The average molecular weight is 441 g/mol. The number of halogens is 2. The molecule has 1 aromatic carbocycles. The van der Waals surface area contributed by atoms with E-state index >= 15 is 0 Å². The van der Waals surface area contributed by atoms with Crippen LogP contribution in [0, 0.1) is 5.41 Å². The molecule has 7 nitrogen and oxygen atoms in total. The number of hydrogen-bond acceptors (Lipinski definition) is 6. The lowest BCUT2D eigenvalue weighted by Crippen LogP contribution is -2.29. The maximum absolute atomic E-state index is 12.4. The van der Waals surface area contributed by atoms with Gasteiger partial charge in [0.05, 0.1) is 23.3 Å². The SMILES string of the molecule is CCC(=N)c1ccc(-c2ccnn2-c2ccc(OC(F)F)cc2)nc1NC1CCOCC1. The minimum Gasteiger partial charge on any atom is -0.435 e. The predicted octanol–water partition coefficient (Wildman–Crippen LogP) is 4.90. The molecule has 1 aliphatic rings. The third-order valence-corrected chi connectivity index (χ3v) is 5.35. The molecule has 0 saturated carbocycles. The van der Waals surface area contributed by atoms with Gasteiger partial charge in [-0.3, -0.25) is 0 Å². The highest BCUT2D eigenvalue weighted by Crippen LogP contribution is 2.27. The van der Waals surface area contributed by atoms with Crippen LogP contribution in [0.15, 0.2) is 48.7 Å². The molecule has 1 saturated heterocycles. The van der Waals surface area contributed by atoms with Crippen molar-refractivity contribution in [2.24, 2.45) is 0 Å². The van der Waals surface area contributed by atoms with Crippen LogP contribution in [0.5, 0.6) is 5.75 Å². The Hall–Kier alpha value is -3.33. The average Bonchev–Trinajstić information content (AvgIpc) is 3.29. The minimum atomic E-state index is -2.87. The minimum absolute atomic E-state index is 0.0842. The number of pyridine rings is 1. The van der Waals surface area contributed by atoms with Gasteiger partial charge in [-0.25, -0.2) is 9.67 Å². The highest BCUT2D eigenvalue weighted by molar-refractivity contribution is 6.02. The highest BCUT2D eigenvalue weighted by Gasteiger charge is 2.19. The van der Waals surface area contributed by atoms with E-state index in [0.717, 1.165) is 24.1 Å². The van der Waals surface area contributed by atoms with E-state index in [4.69, 9.17) is 15.1 Å². The van der Waals surface area contributed by atoms with Crippen molar-refractivity contribution in [3.05, 3.63) is 54.2 Å². The first kappa shape index (κ1) is 21.9. The van der Waals surface area contributed by atoms with Gasteiger partial charge in [0.15, 0.2) is 0 Å². The van der Waals surface area contributed by atoms with Crippen LogP contribution in [0.1, 0.15) is 31.7 Å². The molecule has 4 rings (SSSR count). The third-order valence-electron chi connectivity index (χ3n) is 5.35. The fraction of sp³-hybridized carbons (Fsp3) is 0.348. The summed E-state index contributed by atoms with van der Waals surface area (Å²) in [6, 6.07) is 12.1. The number of nitrogens with zero attached hydrogens (tertiary/aromatic N) is 3. The van der Waals surface area contributed by atoms with Gasteiger partial charge in [0.1, 0.15) is 11.6 Å². The summed E-state index contributed by atoms with van der Waals surface area (Å²) < 4.78 is 36.4. The van der Waals surface area contributed by atoms with Gasteiger partial charge in [0.2, 0.25) is 0 Å². The van der Waals surface area contributed by atoms with Crippen LogP contribution >= 0.6 is 0 Å². The third kappa shape index (κ3) is 4.94. The summed E-state index contributed by atoms with van der Waals surface area (Å²) >= 11 is 0. The summed E-state index contributed by atoms with van der Waals surface area (Å²) in [5, 5.41) is 16.2. The lowest BCUT2D eigenvalue weighted by Gasteiger charge is -2.25. The molecule has 3 heterocycles. The smallest absolute Gasteiger partial charge is 0.387 e. The summed E-state index contributed by atoms with van der Waals surface area (Å²) in [7, 11) is 0. The van der Waals surface area contributed by atoms with Gasteiger partial charge in [-0.1, -0.05) is 6.92 Å². The van der Waals surface area contributed by atoms with Gasteiger partial charge >= 0.3 is 6.61 Å².